The van der Waals surface area contributed by atoms with Crippen molar-refractivity contribution in [2.45, 2.75) is 45.4 Å². The maximum Gasteiger partial charge on any atom is 0.209 e. The molecule has 0 bridgehead atoms. The first-order chi connectivity index (χ1) is 11.0. The summed E-state index contributed by atoms with van der Waals surface area (Å²) in [5, 5.41) is 0.951. The van der Waals surface area contributed by atoms with Crippen LogP contribution in [0.25, 0.3) is 0 Å². The van der Waals surface area contributed by atoms with Gasteiger partial charge in [-0.1, -0.05) is 42.0 Å². The van der Waals surface area contributed by atoms with Crippen molar-refractivity contribution < 1.29 is 4.58 Å². The van der Waals surface area contributed by atoms with E-state index in [9.17, 15) is 0 Å². The summed E-state index contributed by atoms with van der Waals surface area (Å²) in [7, 11) is 2.15. The number of para-hydroxylation sites is 1. The zero-order chi connectivity index (χ0) is 16.6. The van der Waals surface area contributed by atoms with E-state index in [1.807, 2.05) is 0 Å². The minimum atomic E-state index is 0.0208. The lowest BCUT2D eigenvalue weighted by atomic mass is 9.81. The van der Waals surface area contributed by atoms with Crippen LogP contribution in [0.15, 0.2) is 58.7 Å². The number of hydrogen-bond acceptors (Lipinski definition) is 0. The monoisotopic (exact) mass is 326 g/mol. The van der Waals surface area contributed by atoms with Gasteiger partial charge in [0.25, 0.3) is 0 Å². The van der Waals surface area contributed by atoms with Crippen LogP contribution in [0.5, 0.6) is 0 Å². The highest BCUT2D eigenvalue weighted by molar-refractivity contribution is 6.32. The van der Waals surface area contributed by atoms with Crippen LogP contribution in [-0.2, 0) is 5.41 Å². The second kappa shape index (κ2) is 6.13. The molecule has 0 unspecified atom stereocenters. The molecule has 1 aromatic carbocycles. The van der Waals surface area contributed by atoms with Gasteiger partial charge in [0.1, 0.15) is 7.05 Å². The zero-order valence-electron chi connectivity index (χ0n) is 14.5. The fraction of sp³-hybridized carbons (Fsp3) is 0.381. The molecule has 0 saturated heterocycles. The molecule has 0 spiro atoms. The van der Waals surface area contributed by atoms with Crippen LogP contribution < -0.4 is 0 Å². The lowest BCUT2D eigenvalue weighted by Crippen LogP contribution is -2.26. The quantitative estimate of drug-likeness (QED) is 0.598. The highest BCUT2D eigenvalue weighted by Crippen LogP contribution is 2.39. The summed E-state index contributed by atoms with van der Waals surface area (Å²) in [4.78, 5) is 0. The van der Waals surface area contributed by atoms with Gasteiger partial charge < -0.3 is 0 Å². The highest BCUT2D eigenvalue weighted by atomic mass is 35.5. The molecule has 23 heavy (non-hydrogen) atoms. The fourth-order valence-corrected chi connectivity index (χ4v) is 4.16. The van der Waals surface area contributed by atoms with Crippen LogP contribution >= 0.6 is 11.6 Å². The van der Waals surface area contributed by atoms with Crippen LogP contribution in [0, 0.1) is 0 Å². The first-order valence-corrected chi connectivity index (χ1v) is 8.77. The third-order valence-electron chi connectivity index (χ3n) is 5.19. The number of allylic oxidation sites excluding steroid dienone is 6. The van der Waals surface area contributed by atoms with Gasteiger partial charge in [-0.3, -0.25) is 0 Å². The maximum absolute atomic E-state index is 6.57. The summed E-state index contributed by atoms with van der Waals surface area (Å²) in [5.41, 5.74) is 6.58. The molecule has 1 aromatic rings. The molecular formula is C21H25ClN+. The average Bonchev–Trinajstić information content (AvgIpc) is 2.74. The van der Waals surface area contributed by atoms with E-state index in [1.165, 1.54) is 34.5 Å². The van der Waals surface area contributed by atoms with Gasteiger partial charge >= 0.3 is 0 Å². The predicted octanol–water partition coefficient (Wildman–Crippen LogP) is 5.87. The summed E-state index contributed by atoms with van der Waals surface area (Å²) >= 11 is 6.57. The Kier molecular flexibility index (Phi) is 4.33. The van der Waals surface area contributed by atoms with E-state index in [2.05, 4.69) is 74.9 Å². The normalized spacial score (nSPS) is 22.4. The van der Waals surface area contributed by atoms with E-state index < -0.39 is 0 Å². The summed E-state index contributed by atoms with van der Waals surface area (Å²) in [6, 6.07) is 8.66. The van der Waals surface area contributed by atoms with Gasteiger partial charge in [0.15, 0.2) is 5.71 Å². The van der Waals surface area contributed by atoms with E-state index in [0.29, 0.717) is 0 Å². The first-order valence-electron chi connectivity index (χ1n) is 8.39. The first kappa shape index (κ1) is 16.3. The summed E-state index contributed by atoms with van der Waals surface area (Å²) in [6.07, 6.45) is 9.98. The van der Waals surface area contributed by atoms with Crippen molar-refractivity contribution >= 4 is 23.0 Å². The molecule has 1 aliphatic carbocycles. The molecule has 0 fully saturated rings. The molecule has 2 heteroatoms. The Bertz CT molecular complexity index is 760. The highest BCUT2D eigenvalue weighted by Gasteiger charge is 2.42. The van der Waals surface area contributed by atoms with Gasteiger partial charge in [0.05, 0.1) is 5.41 Å². The number of benzene rings is 1. The molecule has 0 saturated carbocycles. The van der Waals surface area contributed by atoms with E-state index in [1.54, 1.807) is 0 Å². The maximum atomic E-state index is 6.57. The molecule has 3 rings (SSSR count). The number of rotatable bonds is 2. The lowest BCUT2D eigenvalue weighted by Gasteiger charge is -2.18. The third-order valence-corrected chi connectivity index (χ3v) is 5.67. The second-order valence-corrected chi connectivity index (χ2v) is 7.30. The van der Waals surface area contributed by atoms with Gasteiger partial charge in [-0.2, -0.15) is 4.58 Å². The number of nitrogens with zero attached hydrogens (tertiary/aromatic N) is 1. The Labute approximate surface area is 144 Å². The number of halogens is 1. The predicted molar refractivity (Wildman–Crippen MR) is 99.9 cm³/mol. The molecule has 0 aromatic heterocycles. The molecule has 0 radical (unpaired) electrons. The summed E-state index contributed by atoms with van der Waals surface area (Å²) in [6.45, 7) is 6.66. The summed E-state index contributed by atoms with van der Waals surface area (Å²) < 4.78 is 2.31. The van der Waals surface area contributed by atoms with Crippen LogP contribution in [0.4, 0.5) is 5.69 Å². The van der Waals surface area contributed by atoms with Gasteiger partial charge in [-0.15, -0.1) is 0 Å². The Morgan fingerprint density at radius 3 is 2.57 bits per heavy atom. The molecular weight excluding hydrogens is 302 g/mol. The van der Waals surface area contributed by atoms with Crippen molar-refractivity contribution in [2.24, 2.45) is 0 Å². The third kappa shape index (κ3) is 2.72. The molecule has 120 valence electrons. The lowest BCUT2D eigenvalue weighted by molar-refractivity contribution is -0.401. The van der Waals surface area contributed by atoms with E-state index in [-0.39, 0.29) is 5.41 Å². The minimum absolute atomic E-state index is 0.0208. The van der Waals surface area contributed by atoms with Crippen LogP contribution in [0.1, 0.15) is 45.6 Å². The molecule has 1 nitrogen and oxygen atoms in total. The Morgan fingerprint density at radius 2 is 1.87 bits per heavy atom. The van der Waals surface area contributed by atoms with Crippen molar-refractivity contribution in [3.05, 3.63) is 64.2 Å². The van der Waals surface area contributed by atoms with Crippen molar-refractivity contribution in [3.63, 3.8) is 0 Å². The topological polar surface area (TPSA) is 3.01 Å². The summed E-state index contributed by atoms with van der Waals surface area (Å²) in [5.74, 6) is 0. The molecule has 1 heterocycles. The van der Waals surface area contributed by atoms with Crippen molar-refractivity contribution in [2.75, 3.05) is 7.05 Å². The van der Waals surface area contributed by atoms with E-state index in [4.69, 9.17) is 11.6 Å². The van der Waals surface area contributed by atoms with E-state index in [0.717, 1.165) is 17.9 Å². The average molecular weight is 327 g/mol. The largest absolute Gasteiger partial charge is 0.209 e. The standard InChI is InChI=1S/C21H25ClN/c1-5-15-9-8-10-16(20(15)22)13-14-19-21(2,3)17-11-6-7-12-18(17)23(19)4/h5-7,11-14H,8-10H2,1-4H3/q+1/b14-13+,15-5+. The van der Waals surface area contributed by atoms with Crippen molar-refractivity contribution in [1.29, 1.82) is 0 Å². The number of hydrogen-bond donors (Lipinski definition) is 0. The van der Waals surface area contributed by atoms with E-state index >= 15 is 0 Å². The van der Waals surface area contributed by atoms with Crippen LogP contribution in [-0.4, -0.2) is 17.3 Å². The second-order valence-electron chi connectivity index (χ2n) is 6.93. The minimum Gasteiger partial charge on any atom is -0.198 e. The van der Waals surface area contributed by atoms with Crippen molar-refractivity contribution in [3.8, 4) is 0 Å². The molecule has 1 aliphatic heterocycles. The Hall–Kier alpha value is -1.60. The molecule has 0 N–H and O–H groups in total. The fourth-order valence-electron chi connectivity index (χ4n) is 3.80. The van der Waals surface area contributed by atoms with Gasteiger partial charge in [-0.05, 0) is 51.2 Å². The Balaban J connectivity index is 1.99. The van der Waals surface area contributed by atoms with Gasteiger partial charge in [-0.25, -0.2) is 0 Å². The number of fused-ring (bicyclic) bond motifs is 1. The van der Waals surface area contributed by atoms with Gasteiger partial charge in [0.2, 0.25) is 5.69 Å². The zero-order valence-corrected chi connectivity index (χ0v) is 15.2. The smallest absolute Gasteiger partial charge is 0.198 e. The molecule has 0 atom stereocenters. The van der Waals surface area contributed by atoms with Crippen molar-refractivity contribution in [1.82, 2.24) is 0 Å². The molecule has 2 aliphatic rings. The van der Waals surface area contributed by atoms with Crippen LogP contribution in [0.3, 0.4) is 0 Å². The van der Waals surface area contributed by atoms with Gasteiger partial charge in [0, 0.05) is 22.7 Å². The SMILES string of the molecule is C/C=C1\CCCC(/C=C/C2=[N+](C)c3ccccc3C2(C)C)=C1Cl. The molecule has 0 amide bonds. The Morgan fingerprint density at radius 1 is 1.13 bits per heavy atom. The van der Waals surface area contributed by atoms with Crippen LogP contribution in [0.2, 0.25) is 0 Å².